The number of hydrogen-bond donors (Lipinski definition) is 1. The Morgan fingerprint density at radius 1 is 0.972 bits per heavy atom. The lowest BCUT2D eigenvalue weighted by Crippen LogP contribution is -2.44. The molecule has 36 heavy (non-hydrogen) atoms. The van der Waals surface area contributed by atoms with E-state index < -0.39 is 5.69 Å². The number of anilines is 1. The largest absolute Gasteiger partial charge is 0.341 e. The van der Waals surface area contributed by atoms with E-state index >= 15 is 0 Å². The van der Waals surface area contributed by atoms with E-state index in [9.17, 15) is 9.59 Å². The summed E-state index contributed by atoms with van der Waals surface area (Å²) >= 11 is 0. The number of benzene rings is 2. The highest BCUT2D eigenvalue weighted by Crippen LogP contribution is 2.27. The molecule has 0 bridgehead atoms. The van der Waals surface area contributed by atoms with E-state index in [-0.39, 0.29) is 18.1 Å². The molecule has 184 valence electrons. The van der Waals surface area contributed by atoms with Gasteiger partial charge in [0.05, 0.1) is 17.8 Å². The minimum absolute atomic E-state index is 0.0663. The van der Waals surface area contributed by atoms with Gasteiger partial charge in [0.2, 0.25) is 5.95 Å². The average Bonchev–Trinajstić information content (AvgIpc) is 3.30. The minimum Gasteiger partial charge on any atom is -0.341 e. The summed E-state index contributed by atoms with van der Waals surface area (Å²) in [6.07, 6.45) is 1.94. The van der Waals surface area contributed by atoms with Gasteiger partial charge in [-0.25, -0.2) is 4.79 Å². The van der Waals surface area contributed by atoms with Gasteiger partial charge >= 0.3 is 5.69 Å². The fraction of sp³-hybridized carbons (Fsp3) is 0.333. The maximum atomic E-state index is 13.9. The van der Waals surface area contributed by atoms with E-state index in [0.29, 0.717) is 35.9 Å². The van der Waals surface area contributed by atoms with Gasteiger partial charge in [0, 0.05) is 43.5 Å². The molecular weight excluding hydrogens is 454 g/mol. The molecule has 0 unspecified atom stereocenters. The normalized spacial score (nSPS) is 16.4. The molecule has 0 aliphatic carbocycles. The molecule has 1 fully saturated rings. The third-order valence-electron chi connectivity index (χ3n) is 7.26. The van der Waals surface area contributed by atoms with Crippen molar-refractivity contribution in [3.63, 3.8) is 0 Å². The summed E-state index contributed by atoms with van der Waals surface area (Å²) < 4.78 is 4.67. The zero-order chi connectivity index (χ0) is 25.0. The molecule has 0 spiro atoms. The van der Waals surface area contributed by atoms with E-state index in [0.717, 1.165) is 41.1 Å². The van der Waals surface area contributed by atoms with Crippen LogP contribution in [0.1, 0.15) is 25.5 Å². The Morgan fingerprint density at radius 3 is 2.44 bits per heavy atom. The number of imidazole rings is 1. The predicted octanol–water partition coefficient (Wildman–Crippen LogP) is 2.59. The molecule has 0 saturated carbocycles. The van der Waals surface area contributed by atoms with E-state index in [1.54, 1.807) is 7.05 Å². The van der Waals surface area contributed by atoms with Crippen molar-refractivity contribution >= 4 is 38.8 Å². The zero-order valence-corrected chi connectivity index (χ0v) is 20.5. The summed E-state index contributed by atoms with van der Waals surface area (Å²) in [5.41, 5.74) is 7.81. The zero-order valence-electron chi connectivity index (χ0n) is 20.5. The third kappa shape index (κ3) is 3.42. The van der Waals surface area contributed by atoms with Gasteiger partial charge in [0.15, 0.2) is 11.2 Å². The first-order valence-corrected chi connectivity index (χ1v) is 12.4. The number of hydrogen-bond acceptors (Lipinski definition) is 6. The van der Waals surface area contributed by atoms with Crippen molar-refractivity contribution in [1.82, 2.24) is 23.7 Å². The average molecular weight is 484 g/mol. The van der Waals surface area contributed by atoms with Gasteiger partial charge in [0.25, 0.3) is 5.56 Å². The van der Waals surface area contributed by atoms with Crippen molar-refractivity contribution in [3.8, 4) is 0 Å². The van der Waals surface area contributed by atoms with Crippen LogP contribution in [0.15, 0.2) is 58.1 Å². The predicted molar refractivity (Wildman–Crippen MR) is 143 cm³/mol. The number of para-hydroxylation sites is 1. The van der Waals surface area contributed by atoms with Crippen LogP contribution in [0.2, 0.25) is 0 Å². The van der Waals surface area contributed by atoms with Crippen LogP contribution >= 0.6 is 0 Å². The van der Waals surface area contributed by atoms with Crippen LogP contribution < -0.4 is 21.9 Å². The van der Waals surface area contributed by atoms with Crippen LogP contribution in [-0.4, -0.2) is 42.8 Å². The van der Waals surface area contributed by atoms with Crippen molar-refractivity contribution < 1.29 is 0 Å². The number of nitrogens with two attached hydrogens (primary N) is 1. The van der Waals surface area contributed by atoms with Crippen LogP contribution in [-0.2, 0) is 20.1 Å². The lowest BCUT2D eigenvalue weighted by molar-refractivity contribution is 0.494. The van der Waals surface area contributed by atoms with Gasteiger partial charge in [-0.15, -0.1) is 0 Å². The molecule has 9 nitrogen and oxygen atoms in total. The molecule has 3 aromatic heterocycles. The fourth-order valence-corrected chi connectivity index (χ4v) is 5.48. The van der Waals surface area contributed by atoms with Crippen molar-refractivity contribution in [2.75, 3.05) is 18.0 Å². The Kier molecular flexibility index (Phi) is 5.37. The Hall–Kier alpha value is -3.98. The summed E-state index contributed by atoms with van der Waals surface area (Å²) in [6, 6.07) is 16.0. The molecular formula is C27H29N7O2. The molecule has 1 atom stereocenters. The van der Waals surface area contributed by atoms with Crippen LogP contribution in [0.25, 0.3) is 32.8 Å². The smallest absolute Gasteiger partial charge is 0.332 e. The number of piperidine rings is 1. The summed E-state index contributed by atoms with van der Waals surface area (Å²) in [5.74, 6) is 0.696. The first-order chi connectivity index (χ1) is 17.5. The van der Waals surface area contributed by atoms with Crippen molar-refractivity contribution in [3.05, 3.63) is 75.1 Å². The molecule has 2 N–H and O–H groups in total. The van der Waals surface area contributed by atoms with Crippen LogP contribution in [0.5, 0.6) is 0 Å². The van der Waals surface area contributed by atoms with Crippen molar-refractivity contribution in [1.29, 1.82) is 0 Å². The topological polar surface area (TPSA) is 104 Å². The molecule has 4 heterocycles. The quantitative estimate of drug-likeness (QED) is 0.394. The lowest BCUT2D eigenvalue weighted by Gasteiger charge is -2.31. The fourth-order valence-electron chi connectivity index (χ4n) is 5.48. The molecule has 1 aliphatic rings. The number of nitrogens with zero attached hydrogens (tertiary/aromatic N) is 6. The monoisotopic (exact) mass is 483 g/mol. The van der Waals surface area contributed by atoms with Crippen LogP contribution in [0, 0.1) is 0 Å². The van der Waals surface area contributed by atoms with Crippen LogP contribution in [0.3, 0.4) is 0 Å². The Morgan fingerprint density at radius 2 is 1.69 bits per heavy atom. The van der Waals surface area contributed by atoms with Gasteiger partial charge in [-0.05, 0) is 31.2 Å². The van der Waals surface area contributed by atoms with Gasteiger partial charge < -0.3 is 15.2 Å². The second-order valence-electron chi connectivity index (χ2n) is 9.53. The molecule has 6 rings (SSSR count). The summed E-state index contributed by atoms with van der Waals surface area (Å²) in [7, 11) is 1.67. The molecule has 9 heteroatoms. The van der Waals surface area contributed by atoms with E-state index in [1.807, 2.05) is 54.0 Å². The Balaban J connectivity index is 1.56. The number of pyridine rings is 1. The Bertz CT molecular complexity index is 1750. The highest BCUT2D eigenvalue weighted by molar-refractivity contribution is 6.06. The SMILES string of the molecule is CCn1c(N2CCC[C@H](N)C2)nc2c1c(=O)n(Cc1nc3ccccc3c3ccccc13)c(=O)n2C. The number of aromatic nitrogens is 5. The molecule has 5 aromatic rings. The van der Waals surface area contributed by atoms with Crippen molar-refractivity contribution in [2.45, 2.75) is 38.9 Å². The maximum Gasteiger partial charge on any atom is 0.332 e. The lowest BCUT2D eigenvalue weighted by atomic mass is 10.0. The second-order valence-corrected chi connectivity index (χ2v) is 9.53. The minimum atomic E-state index is -0.408. The van der Waals surface area contributed by atoms with E-state index in [2.05, 4.69) is 11.0 Å². The molecule has 1 aliphatic heterocycles. The second kappa shape index (κ2) is 8.60. The first-order valence-electron chi connectivity index (χ1n) is 12.4. The number of fused-ring (bicyclic) bond motifs is 4. The first kappa shape index (κ1) is 22.5. The molecule has 0 amide bonds. The summed E-state index contributed by atoms with van der Waals surface area (Å²) in [5, 5.41) is 3.02. The highest BCUT2D eigenvalue weighted by Gasteiger charge is 2.26. The van der Waals surface area contributed by atoms with Gasteiger partial charge in [-0.1, -0.05) is 42.5 Å². The Labute approximate surface area is 207 Å². The van der Waals surface area contributed by atoms with Crippen molar-refractivity contribution in [2.24, 2.45) is 12.8 Å². The highest BCUT2D eigenvalue weighted by atomic mass is 16.2. The van der Waals surface area contributed by atoms with Gasteiger partial charge in [-0.2, -0.15) is 4.98 Å². The standard InChI is InChI=1S/C27H29N7O2/c1-3-33-23-24(30-26(33)32-14-8-9-17(28)15-32)31(2)27(36)34(25(23)35)16-22-20-12-5-4-10-18(20)19-11-6-7-13-21(19)29-22/h4-7,10-13,17H,3,8-9,14-16,28H2,1-2H3/t17-/m0/s1. The summed E-state index contributed by atoms with van der Waals surface area (Å²) in [6.45, 7) is 4.13. The van der Waals surface area contributed by atoms with E-state index in [4.69, 9.17) is 15.7 Å². The van der Waals surface area contributed by atoms with Gasteiger partial charge in [-0.3, -0.25) is 18.9 Å². The number of rotatable bonds is 4. The third-order valence-corrected chi connectivity index (χ3v) is 7.26. The summed E-state index contributed by atoms with van der Waals surface area (Å²) in [4.78, 5) is 39.1. The van der Waals surface area contributed by atoms with Gasteiger partial charge in [0.1, 0.15) is 0 Å². The molecule has 2 aromatic carbocycles. The number of aryl methyl sites for hydroxylation is 2. The molecule has 1 saturated heterocycles. The molecule has 0 radical (unpaired) electrons. The maximum absolute atomic E-state index is 13.9. The van der Waals surface area contributed by atoms with Crippen LogP contribution in [0.4, 0.5) is 5.95 Å². The van der Waals surface area contributed by atoms with E-state index in [1.165, 1.54) is 9.13 Å².